The lowest BCUT2D eigenvalue weighted by Gasteiger charge is -2.25. The predicted molar refractivity (Wildman–Crippen MR) is 123 cm³/mol. The fourth-order valence-corrected chi connectivity index (χ4v) is 3.58. The van der Waals surface area contributed by atoms with Crippen LogP contribution in [0.4, 0.5) is 0 Å². The zero-order chi connectivity index (χ0) is 24.5. The molecule has 2 aromatic carbocycles. The van der Waals surface area contributed by atoms with Crippen LogP contribution in [0, 0.1) is 0 Å². The molecule has 0 atom stereocenters. The van der Waals surface area contributed by atoms with Crippen molar-refractivity contribution in [2.75, 3.05) is 32.8 Å². The van der Waals surface area contributed by atoms with Crippen LogP contribution in [-0.4, -0.2) is 71.0 Å². The lowest BCUT2D eigenvalue weighted by atomic mass is 9.93. The maximum Gasteiger partial charge on any atom is 0.335 e. The lowest BCUT2D eigenvalue weighted by Crippen LogP contribution is -2.36. The second-order valence-corrected chi connectivity index (χ2v) is 7.50. The van der Waals surface area contributed by atoms with Gasteiger partial charge in [0.05, 0.1) is 18.8 Å². The van der Waals surface area contributed by atoms with Crippen molar-refractivity contribution < 1.29 is 39.2 Å². The van der Waals surface area contributed by atoms with Gasteiger partial charge in [-0.1, -0.05) is 30.3 Å². The summed E-state index contributed by atoms with van der Waals surface area (Å²) in [4.78, 5) is 32.9. The topological polar surface area (TPSA) is 134 Å². The third-order valence-corrected chi connectivity index (χ3v) is 5.23. The quantitative estimate of drug-likeness (QED) is 0.568. The van der Waals surface area contributed by atoms with Crippen LogP contribution in [0.5, 0.6) is 5.75 Å². The maximum absolute atomic E-state index is 11.4. The fourth-order valence-electron chi connectivity index (χ4n) is 3.58. The zero-order valence-corrected chi connectivity index (χ0v) is 18.3. The van der Waals surface area contributed by atoms with Gasteiger partial charge in [0, 0.05) is 37.3 Å². The van der Waals surface area contributed by atoms with Crippen LogP contribution in [0.1, 0.15) is 27.0 Å². The SMILES string of the molecule is O=C(O)/C=C/C(=O)O.O=C(O)c1ccc2c(c1)/C(=C/CN1CCOCC1)c1ccccc1CO2. The van der Waals surface area contributed by atoms with Crippen molar-refractivity contribution in [2.45, 2.75) is 6.61 Å². The number of morpholine rings is 1. The highest BCUT2D eigenvalue weighted by Crippen LogP contribution is 2.37. The van der Waals surface area contributed by atoms with E-state index in [4.69, 9.17) is 19.7 Å². The van der Waals surface area contributed by atoms with Crippen LogP contribution in [-0.2, 0) is 20.9 Å². The average Bonchev–Trinajstić information content (AvgIpc) is 2.99. The summed E-state index contributed by atoms with van der Waals surface area (Å²) >= 11 is 0. The molecular formula is C25H25NO8. The average molecular weight is 467 g/mol. The third kappa shape index (κ3) is 6.77. The largest absolute Gasteiger partial charge is 0.488 e. The van der Waals surface area contributed by atoms with Gasteiger partial charge in [0.1, 0.15) is 12.4 Å². The lowest BCUT2D eigenvalue weighted by molar-refractivity contribution is -0.134. The number of nitrogens with zero attached hydrogens (tertiary/aromatic N) is 1. The van der Waals surface area contributed by atoms with Crippen molar-refractivity contribution in [1.82, 2.24) is 4.90 Å². The van der Waals surface area contributed by atoms with E-state index in [1.165, 1.54) is 0 Å². The van der Waals surface area contributed by atoms with Gasteiger partial charge in [0.2, 0.25) is 0 Å². The Bertz CT molecular complexity index is 1100. The number of ether oxygens (including phenoxy) is 2. The molecule has 178 valence electrons. The molecule has 2 heterocycles. The Kier molecular flexibility index (Phi) is 8.55. The van der Waals surface area contributed by atoms with E-state index in [-0.39, 0.29) is 5.56 Å². The number of carboxylic acids is 3. The number of hydrogen-bond donors (Lipinski definition) is 3. The first-order chi connectivity index (χ1) is 16.3. The van der Waals surface area contributed by atoms with Crippen molar-refractivity contribution in [3.05, 3.63) is 82.9 Å². The molecule has 0 aromatic heterocycles. The molecular weight excluding hydrogens is 442 g/mol. The minimum atomic E-state index is -1.26. The summed E-state index contributed by atoms with van der Waals surface area (Å²) in [5.74, 6) is -2.72. The van der Waals surface area contributed by atoms with Gasteiger partial charge in [-0.3, -0.25) is 4.90 Å². The summed E-state index contributed by atoms with van der Waals surface area (Å²) in [6.45, 7) is 4.59. The van der Waals surface area contributed by atoms with Crippen LogP contribution in [0.25, 0.3) is 5.57 Å². The van der Waals surface area contributed by atoms with E-state index in [1.807, 2.05) is 12.1 Å². The Labute approximate surface area is 196 Å². The van der Waals surface area contributed by atoms with Gasteiger partial charge in [-0.15, -0.1) is 0 Å². The Morgan fingerprint density at radius 1 is 0.912 bits per heavy atom. The van der Waals surface area contributed by atoms with Crippen LogP contribution >= 0.6 is 0 Å². The Morgan fingerprint density at radius 2 is 1.59 bits per heavy atom. The molecule has 1 fully saturated rings. The van der Waals surface area contributed by atoms with E-state index in [0.717, 1.165) is 60.9 Å². The van der Waals surface area contributed by atoms with Gasteiger partial charge in [-0.05, 0) is 34.9 Å². The number of carboxylic acid groups (broad SMARTS) is 3. The van der Waals surface area contributed by atoms with Gasteiger partial charge in [0.25, 0.3) is 0 Å². The molecule has 2 aromatic rings. The van der Waals surface area contributed by atoms with Crippen LogP contribution in [0.15, 0.2) is 60.7 Å². The molecule has 3 N–H and O–H groups in total. The molecule has 1 saturated heterocycles. The molecule has 2 aliphatic rings. The van der Waals surface area contributed by atoms with Crippen molar-refractivity contribution in [3.8, 4) is 5.75 Å². The second kappa shape index (κ2) is 11.8. The van der Waals surface area contributed by atoms with Gasteiger partial charge in [0.15, 0.2) is 0 Å². The van der Waals surface area contributed by atoms with E-state index in [0.29, 0.717) is 18.8 Å². The standard InChI is InChI=1S/C21H21NO4.C4H4O4/c23-21(24)15-5-6-20-19(13-15)18(7-8-22-9-11-25-12-10-22)17-4-2-1-3-16(17)14-26-20;5-3(6)1-2-4(7)8/h1-7,13H,8-12,14H2,(H,23,24);1-2H,(H,5,6)(H,7,8)/b18-7+;2-1+. The van der Waals surface area contributed by atoms with Crippen molar-refractivity contribution in [3.63, 3.8) is 0 Å². The molecule has 4 rings (SSSR count). The van der Waals surface area contributed by atoms with Crippen LogP contribution in [0.2, 0.25) is 0 Å². The predicted octanol–water partition coefficient (Wildman–Crippen LogP) is 2.75. The number of fused-ring (bicyclic) bond motifs is 2. The first-order valence-corrected chi connectivity index (χ1v) is 10.6. The second-order valence-electron chi connectivity index (χ2n) is 7.50. The van der Waals surface area contributed by atoms with Crippen molar-refractivity contribution >= 4 is 23.5 Å². The molecule has 0 unspecified atom stereocenters. The molecule has 2 aliphatic heterocycles. The number of benzene rings is 2. The molecule has 9 heteroatoms. The molecule has 0 amide bonds. The summed E-state index contributed by atoms with van der Waals surface area (Å²) in [6.07, 6.45) is 3.30. The summed E-state index contributed by atoms with van der Waals surface area (Å²) in [5.41, 5.74) is 4.34. The maximum atomic E-state index is 11.4. The van der Waals surface area contributed by atoms with E-state index in [2.05, 4.69) is 23.1 Å². The molecule has 0 radical (unpaired) electrons. The minimum absolute atomic E-state index is 0.268. The molecule has 0 aliphatic carbocycles. The summed E-state index contributed by atoms with van der Waals surface area (Å²) in [6, 6.07) is 13.2. The number of hydrogen-bond acceptors (Lipinski definition) is 6. The highest BCUT2D eigenvalue weighted by molar-refractivity contribution is 5.92. The molecule has 9 nitrogen and oxygen atoms in total. The van der Waals surface area contributed by atoms with E-state index in [1.54, 1.807) is 18.2 Å². The third-order valence-electron chi connectivity index (χ3n) is 5.23. The van der Waals surface area contributed by atoms with Gasteiger partial charge >= 0.3 is 17.9 Å². The first-order valence-electron chi connectivity index (χ1n) is 10.6. The smallest absolute Gasteiger partial charge is 0.335 e. The molecule has 34 heavy (non-hydrogen) atoms. The molecule has 0 spiro atoms. The van der Waals surface area contributed by atoms with E-state index in [9.17, 15) is 19.5 Å². The monoisotopic (exact) mass is 467 g/mol. The van der Waals surface area contributed by atoms with E-state index < -0.39 is 17.9 Å². The fraction of sp³-hybridized carbons (Fsp3) is 0.240. The molecule has 0 saturated carbocycles. The Balaban J connectivity index is 0.000000350. The normalized spacial score (nSPS) is 16.4. The molecule has 0 bridgehead atoms. The number of carbonyl (C=O) groups is 3. The van der Waals surface area contributed by atoms with Gasteiger partial charge < -0.3 is 24.8 Å². The Hall–Kier alpha value is -3.95. The number of aliphatic carboxylic acids is 2. The number of aromatic carboxylic acids is 1. The highest BCUT2D eigenvalue weighted by Gasteiger charge is 2.21. The zero-order valence-electron chi connectivity index (χ0n) is 18.3. The summed E-state index contributed by atoms with van der Waals surface area (Å²) in [7, 11) is 0. The van der Waals surface area contributed by atoms with Crippen molar-refractivity contribution in [1.29, 1.82) is 0 Å². The summed E-state index contributed by atoms with van der Waals surface area (Å²) in [5, 5.41) is 25.0. The first kappa shape index (κ1) is 24.7. The number of rotatable bonds is 5. The highest BCUT2D eigenvalue weighted by atomic mass is 16.5. The van der Waals surface area contributed by atoms with Crippen molar-refractivity contribution in [2.24, 2.45) is 0 Å². The van der Waals surface area contributed by atoms with Crippen LogP contribution < -0.4 is 4.74 Å². The summed E-state index contributed by atoms with van der Waals surface area (Å²) < 4.78 is 11.4. The minimum Gasteiger partial charge on any atom is -0.488 e. The van der Waals surface area contributed by atoms with Crippen LogP contribution in [0.3, 0.4) is 0 Å². The Morgan fingerprint density at radius 3 is 2.24 bits per heavy atom. The van der Waals surface area contributed by atoms with Gasteiger partial charge in [-0.25, -0.2) is 14.4 Å². The van der Waals surface area contributed by atoms with Gasteiger partial charge in [-0.2, -0.15) is 0 Å². The van der Waals surface area contributed by atoms with E-state index >= 15 is 0 Å².